The average Bonchev–Trinajstić information content (AvgIpc) is 2.72. The van der Waals surface area contributed by atoms with Crippen molar-refractivity contribution in [3.63, 3.8) is 0 Å². The standard InChI is InChI=1S/C18H18ClN3/c19-22-16-7-3-1-5-14(16)13-18(21-11-9-20-10-12-21)15-6-2-4-8-17(15)22/h1-8,13,20H,9-12H2. The maximum absolute atomic E-state index is 6.66. The van der Waals surface area contributed by atoms with Gasteiger partial charge < -0.3 is 10.2 Å². The van der Waals surface area contributed by atoms with Crippen LogP contribution in [0, 0.1) is 0 Å². The molecule has 4 heteroatoms. The van der Waals surface area contributed by atoms with E-state index in [4.69, 9.17) is 11.8 Å². The van der Waals surface area contributed by atoms with Crippen LogP contribution in [-0.2, 0) is 0 Å². The lowest BCUT2D eigenvalue weighted by Gasteiger charge is -2.32. The summed E-state index contributed by atoms with van der Waals surface area (Å²) in [6.07, 6.45) is 2.27. The van der Waals surface area contributed by atoms with Crippen LogP contribution in [0.4, 0.5) is 11.4 Å². The molecule has 0 atom stereocenters. The van der Waals surface area contributed by atoms with E-state index in [9.17, 15) is 0 Å². The zero-order chi connectivity index (χ0) is 14.9. The molecule has 0 saturated carbocycles. The minimum absolute atomic E-state index is 1.02. The zero-order valence-corrected chi connectivity index (χ0v) is 13.1. The van der Waals surface area contributed by atoms with Crippen molar-refractivity contribution in [2.75, 3.05) is 30.6 Å². The number of piperazine rings is 1. The van der Waals surface area contributed by atoms with Gasteiger partial charge in [0.25, 0.3) is 0 Å². The van der Waals surface area contributed by atoms with E-state index in [-0.39, 0.29) is 0 Å². The number of fused-ring (bicyclic) bond motifs is 2. The molecule has 2 aromatic rings. The number of nitrogens with zero attached hydrogens (tertiary/aromatic N) is 2. The molecule has 2 aliphatic rings. The molecule has 1 saturated heterocycles. The van der Waals surface area contributed by atoms with Crippen LogP contribution in [0.3, 0.4) is 0 Å². The number of anilines is 2. The lowest BCUT2D eigenvalue weighted by Crippen LogP contribution is -2.42. The number of rotatable bonds is 1. The largest absolute Gasteiger partial charge is 0.368 e. The average molecular weight is 312 g/mol. The highest BCUT2D eigenvalue weighted by Crippen LogP contribution is 2.41. The number of nitrogens with one attached hydrogen (secondary N) is 1. The Morgan fingerprint density at radius 3 is 2.36 bits per heavy atom. The van der Waals surface area contributed by atoms with Crippen LogP contribution in [0.2, 0.25) is 0 Å². The van der Waals surface area contributed by atoms with Gasteiger partial charge >= 0.3 is 0 Å². The molecule has 4 rings (SSSR count). The van der Waals surface area contributed by atoms with Gasteiger partial charge in [-0.3, -0.25) is 4.42 Å². The van der Waals surface area contributed by atoms with E-state index >= 15 is 0 Å². The third kappa shape index (κ3) is 2.27. The molecule has 0 spiro atoms. The van der Waals surface area contributed by atoms with Gasteiger partial charge in [0.1, 0.15) is 0 Å². The molecule has 22 heavy (non-hydrogen) atoms. The van der Waals surface area contributed by atoms with E-state index < -0.39 is 0 Å². The van der Waals surface area contributed by atoms with Crippen LogP contribution in [0.1, 0.15) is 11.1 Å². The molecular weight excluding hydrogens is 294 g/mol. The van der Waals surface area contributed by atoms with Crippen molar-refractivity contribution in [2.24, 2.45) is 0 Å². The van der Waals surface area contributed by atoms with Gasteiger partial charge in [0.2, 0.25) is 0 Å². The first-order valence-electron chi connectivity index (χ1n) is 7.66. The van der Waals surface area contributed by atoms with Crippen LogP contribution < -0.4 is 9.74 Å². The summed E-state index contributed by atoms with van der Waals surface area (Å²) in [5, 5.41) is 3.42. The maximum Gasteiger partial charge on any atom is 0.0674 e. The monoisotopic (exact) mass is 311 g/mol. The third-order valence-electron chi connectivity index (χ3n) is 4.29. The molecule has 0 amide bonds. The molecule has 1 fully saturated rings. The Morgan fingerprint density at radius 2 is 1.55 bits per heavy atom. The van der Waals surface area contributed by atoms with Gasteiger partial charge in [-0.1, -0.05) is 36.4 Å². The normalized spacial score (nSPS) is 17.4. The van der Waals surface area contributed by atoms with Crippen LogP contribution >= 0.6 is 11.8 Å². The Kier molecular flexibility index (Phi) is 3.53. The van der Waals surface area contributed by atoms with E-state index in [1.54, 1.807) is 4.42 Å². The molecule has 1 N–H and O–H groups in total. The number of hydrogen-bond donors (Lipinski definition) is 1. The summed E-state index contributed by atoms with van der Waals surface area (Å²) in [5.41, 5.74) is 5.67. The number of para-hydroxylation sites is 2. The second-order valence-corrected chi connectivity index (χ2v) is 5.96. The highest BCUT2D eigenvalue weighted by Gasteiger charge is 2.24. The second-order valence-electron chi connectivity index (χ2n) is 5.62. The molecule has 3 nitrogen and oxygen atoms in total. The molecule has 2 aromatic carbocycles. The van der Waals surface area contributed by atoms with Gasteiger partial charge in [0.15, 0.2) is 0 Å². The first kappa shape index (κ1) is 13.7. The van der Waals surface area contributed by atoms with Gasteiger partial charge in [-0.15, -0.1) is 0 Å². The van der Waals surface area contributed by atoms with E-state index in [0.29, 0.717) is 0 Å². The van der Waals surface area contributed by atoms with E-state index in [2.05, 4.69) is 52.7 Å². The van der Waals surface area contributed by atoms with Crippen molar-refractivity contribution in [1.29, 1.82) is 0 Å². The van der Waals surface area contributed by atoms with Crippen molar-refractivity contribution in [3.05, 3.63) is 59.7 Å². The molecule has 0 bridgehead atoms. The lowest BCUT2D eigenvalue weighted by molar-refractivity contribution is 0.342. The van der Waals surface area contributed by atoms with Gasteiger partial charge in [-0.05, 0) is 18.2 Å². The molecule has 112 valence electrons. The Hall–Kier alpha value is -1.97. The molecule has 2 heterocycles. The van der Waals surface area contributed by atoms with Crippen molar-refractivity contribution < 1.29 is 0 Å². The topological polar surface area (TPSA) is 18.5 Å². The highest BCUT2D eigenvalue weighted by molar-refractivity contribution is 6.31. The summed E-state index contributed by atoms with van der Waals surface area (Å²) >= 11 is 6.66. The molecule has 0 aromatic heterocycles. The Morgan fingerprint density at radius 1 is 0.864 bits per heavy atom. The Balaban J connectivity index is 1.91. The van der Waals surface area contributed by atoms with Gasteiger partial charge in [0.05, 0.1) is 11.4 Å². The van der Waals surface area contributed by atoms with Gasteiger partial charge in [-0.25, -0.2) is 0 Å². The summed E-state index contributed by atoms with van der Waals surface area (Å²) in [4.78, 5) is 2.45. The van der Waals surface area contributed by atoms with Crippen LogP contribution in [0.25, 0.3) is 11.8 Å². The van der Waals surface area contributed by atoms with Gasteiger partial charge in [0, 0.05) is 54.8 Å². The first-order chi connectivity index (χ1) is 10.8. The fraction of sp³-hybridized carbons (Fsp3) is 0.222. The summed E-state index contributed by atoms with van der Waals surface area (Å²) in [5.74, 6) is 0. The second kappa shape index (κ2) is 5.67. The van der Waals surface area contributed by atoms with E-state index in [0.717, 1.165) is 43.1 Å². The van der Waals surface area contributed by atoms with Crippen molar-refractivity contribution in [1.82, 2.24) is 10.2 Å². The lowest BCUT2D eigenvalue weighted by atomic mass is 10.1. The van der Waals surface area contributed by atoms with Crippen molar-refractivity contribution in [3.8, 4) is 0 Å². The predicted octanol–water partition coefficient (Wildman–Crippen LogP) is 3.70. The van der Waals surface area contributed by atoms with Crippen molar-refractivity contribution >= 4 is 34.9 Å². The number of halogens is 1. The summed E-state index contributed by atoms with van der Waals surface area (Å²) in [6, 6.07) is 16.6. The third-order valence-corrected chi connectivity index (χ3v) is 4.65. The maximum atomic E-state index is 6.66. The molecule has 2 aliphatic heterocycles. The first-order valence-corrected chi connectivity index (χ1v) is 8.00. The number of benzene rings is 2. The Bertz CT molecular complexity index is 720. The minimum atomic E-state index is 1.02. The molecular formula is C18H18ClN3. The number of hydrogen-bond acceptors (Lipinski definition) is 3. The van der Waals surface area contributed by atoms with Crippen LogP contribution in [0.15, 0.2) is 48.5 Å². The molecule has 0 aliphatic carbocycles. The quantitative estimate of drug-likeness (QED) is 0.810. The summed E-state index contributed by atoms with van der Waals surface area (Å²) in [6.45, 7) is 4.08. The fourth-order valence-electron chi connectivity index (χ4n) is 3.17. The molecule has 0 radical (unpaired) electrons. The SMILES string of the molecule is ClN1c2ccccc2C=C(N2CCNCC2)c2ccccc21. The molecule has 0 unspecified atom stereocenters. The van der Waals surface area contributed by atoms with Crippen LogP contribution in [-0.4, -0.2) is 31.1 Å². The highest BCUT2D eigenvalue weighted by atomic mass is 35.5. The zero-order valence-electron chi connectivity index (χ0n) is 12.3. The predicted molar refractivity (Wildman–Crippen MR) is 93.2 cm³/mol. The summed E-state index contributed by atoms with van der Waals surface area (Å²) < 4.78 is 1.77. The van der Waals surface area contributed by atoms with Crippen LogP contribution in [0.5, 0.6) is 0 Å². The van der Waals surface area contributed by atoms with E-state index in [1.807, 2.05) is 12.1 Å². The smallest absolute Gasteiger partial charge is 0.0674 e. The van der Waals surface area contributed by atoms with Crippen molar-refractivity contribution in [2.45, 2.75) is 0 Å². The summed E-state index contributed by atoms with van der Waals surface area (Å²) in [7, 11) is 0. The van der Waals surface area contributed by atoms with Gasteiger partial charge in [-0.2, -0.15) is 0 Å². The van der Waals surface area contributed by atoms with E-state index in [1.165, 1.54) is 11.3 Å². The fourth-order valence-corrected chi connectivity index (χ4v) is 3.47. The Labute approximate surface area is 135 Å². The minimum Gasteiger partial charge on any atom is -0.368 e.